The molecule has 1 aliphatic carbocycles. The second-order valence-corrected chi connectivity index (χ2v) is 6.88. The number of amides is 1. The van der Waals surface area contributed by atoms with Gasteiger partial charge in [-0.1, -0.05) is 30.3 Å². The van der Waals surface area contributed by atoms with Gasteiger partial charge in [0.2, 0.25) is 5.91 Å². The number of likely N-dealkylation sites (tertiary alicyclic amines) is 1. The summed E-state index contributed by atoms with van der Waals surface area (Å²) in [5, 5.41) is 10.3. The van der Waals surface area contributed by atoms with Crippen molar-refractivity contribution in [3.63, 3.8) is 0 Å². The van der Waals surface area contributed by atoms with Crippen molar-refractivity contribution in [1.29, 1.82) is 0 Å². The van der Waals surface area contributed by atoms with Gasteiger partial charge in [-0.2, -0.15) is 0 Å². The average molecular weight is 317 g/mol. The van der Waals surface area contributed by atoms with Crippen molar-refractivity contribution in [3.8, 4) is 0 Å². The molecule has 4 nitrogen and oxygen atoms in total. The minimum Gasteiger partial charge on any atom is -0.389 e. The molecule has 1 aromatic rings. The summed E-state index contributed by atoms with van der Waals surface area (Å²) in [6.45, 7) is 3.40. The van der Waals surface area contributed by atoms with Crippen molar-refractivity contribution in [3.05, 3.63) is 35.9 Å². The van der Waals surface area contributed by atoms with Gasteiger partial charge in [0.25, 0.3) is 0 Å². The van der Waals surface area contributed by atoms with E-state index in [0.717, 1.165) is 38.6 Å². The molecule has 1 aliphatic heterocycles. The molecule has 126 valence electrons. The molecule has 0 unspecified atom stereocenters. The van der Waals surface area contributed by atoms with Crippen LogP contribution in [0.4, 0.5) is 0 Å². The SMILES string of the molecule is CCO[C@H]1CCN(C(=O)CC2(O)CCC2)[C@H]1Cc1ccccc1. The Balaban J connectivity index is 1.70. The standard InChI is InChI=1S/C19H27NO3/c1-2-23-17-9-12-20(18(21)14-19(22)10-6-11-19)16(17)13-15-7-4-3-5-8-15/h3-5,7-8,16-17,22H,2,6,9-14H2,1H3/t16-,17-/m0/s1. The van der Waals surface area contributed by atoms with Gasteiger partial charge >= 0.3 is 0 Å². The van der Waals surface area contributed by atoms with Crippen LogP contribution in [0.5, 0.6) is 0 Å². The second-order valence-electron chi connectivity index (χ2n) is 6.88. The molecule has 2 atom stereocenters. The zero-order chi connectivity index (χ0) is 16.3. The number of carbonyl (C=O) groups excluding carboxylic acids is 1. The van der Waals surface area contributed by atoms with Crippen LogP contribution in [-0.4, -0.2) is 46.8 Å². The van der Waals surface area contributed by atoms with Crippen LogP contribution in [0.2, 0.25) is 0 Å². The quantitative estimate of drug-likeness (QED) is 0.877. The number of benzene rings is 1. The topological polar surface area (TPSA) is 49.8 Å². The maximum absolute atomic E-state index is 12.7. The number of rotatable bonds is 6. The fraction of sp³-hybridized carbons (Fsp3) is 0.632. The molecular formula is C19H27NO3. The van der Waals surface area contributed by atoms with E-state index in [1.54, 1.807) is 0 Å². The largest absolute Gasteiger partial charge is 0.389 e. The van der Waals surface area contributed by atoms with Crippen LogP contribution in [0.1, 0.15) is 44.6 Å². The highest BCUT2D eigenvalue weighted by atomic mass is 16.5. The van der Waals surface area contributed by atoms with E-state index >= 15 is 0 Å². The first-order valence-corrected chi connectivity index (χ1v) is 8.79. The number of hydrogen-bond acceptors (Lipinski definition) is 3. The van der Waals surface area contributed by atoms with Gasteiger partial charge in [0.05, 0.1) is 24.2 Å². The minimum absolute atomic E-state index is 0.0773. The lowest BCUT2D eigenvalue weighted by Gasteiger charge is -2.38. The van der Waals surface area contributed by atoms with Gasteiger partial charge in [0.1, 0.15) is 0 Å². The van der Waals surface area contributed by atoms with E-state index in [2.05, 4.69) is 12.1 Å². The molecule has 3 rings (SSSR count). The third kappa shape index (κ3) is 3.75. The molecule has 1 saturated carbocycles. The molecule has 0 spiro atoms. The van der Waals surface area contributed by atoms with Crippen LogP contribution < -0.4 is 0 Å². The summed E-state index contributed by atoms with van der Waals surface area (Å²) < 4.78 is 5.88. The second kappa shape index (κ2) is 7.02. The lowest BCUT2D eigenvalue weighted by atomic mass is 9.77. The third-order valence-corrected chi connectivity index (χ3v) is 5.24. The summed E-state index contributed by atoms with van der Waals surface area (Å²) in [7, 11) is 0. The first kappa shape index (κ1) is 16.5. The summed E-state index contributed by atoms with van der Waals surface area (Å²) in [5.41, 5.74) is 0.474. The van der Waals surface area contributed by atoms with Gasteiger partial charge in [0, 0.05) is 13.2 Å². The monoisotopic (exact) mass is 317 g/mol. The average Bonchev–Trinajstić information content (AvgIpc) is 2.90. The Morgan fingerprint density at radius 3 is 2.70 bits per heavy atom. The summed E-state index contributed by atoms with van der Waals surface area (Å²) in [6, 6.07) is 10.3. The molecule has 4 heteroatoms. The summed E-state index contributed by atoms with van der Waals surface area (Å²) in [5.74, 6) is 0.0790. The Bertz CT molecular complexity index is 527. The maximum Gasteiger partial charge on any atom is 0.225 e. The molecule has 1 aromatic carbocycles. The van der Waals surface area contributed by atoms with E-state index < -0.39 is 5.60 Å². The molecule has 2 fully saturated rings. The van der Waals surface area contributed by atoms with E-state index in [4.69, 9.17) is 4.74 Å². The van der Waals surface area contributed by atoms with Crippen molar-refractivity contribution < 1.29 is 14.6 Å². The number of ether oxygens (including phenoxy) is 1. The highest BCUT2D eigenvalue weighted by Crippen LogP contribution is 2.36. The fourth-order valence-electron chi connectivity index (χ4n) is 3.79. The number of nitrogens with zero attached hydrogens (tertiary/aromatic N) is 1. The van der Waals surface area contributed by atoms with Gasteiger partial charge in [-0.15, -0.1) is 0 Å². The number of aliphatic hydroxyl groups is 1. The lowest BCUT2D eigenvalue weighted by molar-refractivity contribution is -0.142. The fourth-order valence-corrected chi connectivity index (χ4v) is 3.79. The normalized spacial score (nSPS) is 26.1. The first-order valence-electron chi connectivity index (χ1n) is 8.79. The van der Waals surface area contributed by atoms with Gasteiger partial charge in [-0.05, 0) is 44.6 Å². The molecular weight excluding hydrogens is 290 g/mol. The van der Waals surface area contributed by atoms with Crippen molar-refractivity contribution in [2.75, 3.05) is 13.2 Å². The van der Waals surface area contributed by atoms with Crippen LogP contribution in [0, 0.1) is 0 Å². The zero-order valence-electron chi connectivity index (χ0n) is 13.9. The van der Waals surface area contributed by atoms with E-state index in [1.165, 1.54) is 5.56 Å². The summed E-state index contributed by atoms with van der Waals surface area (Å²) >= 11 is 0. The maximum atomic E-state index is 12.7. The van der Waals surface area contributed by atoms with Gasteiger partial charge in [-0.25, -0.2) is 0 Å². The molecule has 2 aliphatic rings. The lowest BCUT2D eigenvalue weighted by Crippen LogP contribution is -2.47. The number of carbonyl (C=O) groups is 1. The van der Waals surface area contributed by atoms with Gasteiger partial charge in [-0.3, -0.25) is 4.79 Å². The first-order chi connectivity index (χ1) is 11.1. The third-order valence-electron chi connectivity index (χ3n) is 5.24. The highest BCUT2D eigenvalue weighted by Gasteiger charge is 2.42. The van der Waals surface area contributed by atoms with Crippen molar-refractivity contribution in [1.82, 2.24) is 4.90 Å². The van der Waals surface area contributed by atoms with Crippen LogP contribution in [0.3, 0.4) is 0 Å². The van der Waals surface area contributed by atoms with Crippen molar-refractivity contribution in [2.24, 2.45) is 0 Å². The zero-order valence-corrected chi connectivity index (χ0v) is 13.9. The van der Waals surface area contributed by atoms with Crippen LogP contribution in [0.25, 0.3) is 0 Å². The van der Waals surface area contributed by atoms with Crippen molar-refractivity contribution in [2.45, 2.75) is 63.2 Å². The molecule has 1 amide bonds. The van der Waals surface area contributed by atoms with Gasteiger partial charge in [0.15, 0.2) is 0 Å². The smallest absolute Gasteiger partial charge is 0.225 e. The molecule has 0 bridgehead atoms. The minimum atomic E-state index is -0.752. The van der Waals surface area contributed by atoms with E-state index in [9.17, 15) is 9.90 Å². The van der Waals surface area contributed by atoms with E-state index in [-0.39, 0.29) is 24.5 Å². The molecule has 23 heavy (non-hydrogen) atoms. The van der Waals surface area contributed by atoms with E-state index in [0.29, 0.717) is 6.61 Å². The molecule has 1 N–H and O–H groups in total. The Labute approximate surface area is 138 Å². The van der Waals surface area contributed by atoms with Crippen molar-refractivity contribution >= 4 is 5.91 Å². The van der Waals surface area contributed by atoms with Crippen LogP contribution in [0.15, 0.2) is 30.3 Å². The van der Waals surface area contributed by atoms with Gasteiger partial charge < -0.3 is 14.7 Å². The number of hydrogen-bond donors (Lipinski definition) is 1. The predicted molar refractivity (Wildman–Crippen MR) is 89.1 cm³/mol. The van der Waals surface area contributed by atoms with Crippen LogP contribution in [-0.2, 0) is 16.0 Å². The Kier molecular flexibility index (Phi) is 5.02. The highest BCUT2D eigenvalue weighted by molar-refractivity contribution is 5.78. The summed E-state index contributed by atoms with van der Waals surface area (Å²) in [6.07, 6.45) is 4.59. The molecule has 0 aromatic heterocycles. The Morgan fingerprint density at radius 1 is 1.35 bits per heavy atom. The molecule has 0 radical (unpaired) electrons. The predicted octanol–water partition coefficient (Wildman–Crippen LogP) is 2.54. The van der Waals surface area contributed by atoms with E-state index in [1.807, 2.05) is 30.0 Å². The Hall–Kier alpha value is -1.39. The molecule has 1 heterocycles. The summed E-state index contributed by atoms with van der Waals surface area (Å²) in [4.78, 5) is 14.7. The Morgan fingerprint density at radius 2 is 2.09 bits per heavy atom. The van der Waals surface area contributed by atoms with Crippen LogP contribution >= 0.6 is 0 Å². The molecule has 1 saturated heterocycles.